The van der Waals surface area contributed by atoms with Gasteiger partial charge < -0.3 is 13.9 Å². The fourth-order valence-electron chi connectivity index (χ4n) is 3.39. The van der Waals surface area contributed by atoms with Crippen LogP contribution in [0.4, 0.5) is 4.39 Å². The van der Waals surface area contributed by atoms with E-state index in [0.717, 1.165) is 5.56 Å². The van der Waals surface area contributed by atoms with Gasteiger partial charge in [0.2, 0.25) is 5.89 Å². The van der Waals surface area contributed by atoms with Crippen LogP contribution in [0, 0.1) is 5.82 Å². The molecule has 7 nitrogen and oxygen atoms in total. The Hall–Kier alpha value is -3.81. The van der Waals surface area contributed by atoms with Crippen LogP contribution in [0.5, 0.6) is 0 Å². The second-order valence-corrected chi connectivity index (χ2v) is 6.73. The first-order chi connectivity index (χ1) is 14.2. The Balaban J connectivity index is 1.38. The molecule has 0 N–H and O–H groups in total. The lowest BCUT2D eigenvalue weighted by Gasteiger charge is -2.27. The molecule has 4 aromatic rings. The van der Waals surface area contributed by atoms with Gasteiger partial charge in [-0.1, -0.05) is 18.2 Å². The van der Waals surface area contributed by atoms with Gasteiger partial charge in [0.1, 0.15) is 17.8 Å². The Labute approximate surface area is 165 Å². The molecule has 29 heavy (non-hydrogen) atoms. The van der Waals surface area contributed by atoms with Crippen molar-refractivity contribution in [3.8, 4) is 23.0 Å². The van der Waals surface area contributed by atoms with Gasteiger partial charge in [-0.3, -0.25) is 4.79 Å². The van der Waals surface area contributed by atoms with Gasteiger partial charge in [0.05, 0.1) is 6.54 Å². The summed E-state index contributed by atoms with van der Waals surface area (Å²) in [6.07, 6.45) is 1.57. The van der Waals surface area contributed by atoms with Crippen molar-refractivity contribution in [3.63, 3.8) is 0 Å². The number of carbonyl (C=O) groups excluding carboxylic acids is 1. The van der Waals surface area contributed by atoms with Crippen LogP contribution < -0.4 is 0 Å². The standard InChI is InChI=1S/C21H16FN5O2/c22-16-8-6-15(7-9-16)21(28)26-10-11-27-18(12-26)24-25-19(27)17-13-29-20(23-17)14-4-2-1-3-5-14/h1-9,13H,10-12H2. The number of nitrogens with zero attached hydrogens (tertiary/aromatic N) is 5. The Morgan fingerprint density at radius 1 is 1.00 bits per heavy atom. The number of oxazole rings is 1. The van der Waals surface area contributed by atoms with Crippen LogP contribution in [0.2, 0.25) is 0 Å². The molecule has 0 fully saturated rings. The van der Waals surface area contributed by atoms with E-state index in [9.17, 15) is 9.18 Å². The molecule has 0 spiro atoms. The Morgan fingerprint density at radius 3 is 2.59 bits per heavy atom. The number of benzene rings is 2. The van der Waals surface area contributed by atoms with Gasteiger partial charge in [-0.05, 0) is 36.4 Å². The monoisotopic (exact) mass is 389 g/mol. The summed E-state index contributed by atoms with van der Waals surface area (Å²) in [6.45, 7) is 1.36. The summed E-state index contributed by atoms with van der Waals surface area (Å²) in [6, 6.07) is 15.2. The quantitative estimate of drug-likeness (QED) is 0.537. The molecule has 0 unspecified atom stereocenters. The highest BCUT2D eigenvalue weighted by molar-refractivity contribution is 5.94. The van der Waals surface area contributed by atoms with Gasteiger partial charge in [-0.15, -0.1) is 10.2 Å². The minimum atomic E-state index is -0.368. The maximum absolute atomic E-state index is 13.1. The average Bonchev–Trinajstić information content (AvgIpc) is 3.41. The molecule has 1 aliphatic rings. The van der Waals surface area contributed by atoms with E-state index in [1.165, 1.54) is 24.3 Å². The number of aromatic nitrogens is 4. The maximum atomic E-state index is 13.1. The molecular formula is C21H16FN5O2. The first kappa shape index (κ1) is 17.3. The molecule has 5 rings (SSSR count). The fourth-order valence-corrected chi connectivity index (χ4v) is 3.39. The number of rotatable bonds is 3. The molecule has 0 radical (unpaired) electrons. The number of hydrogen-bond donors (Lipinski definition) is 0. The summed E-state index contributed by atoms with van der Waals surface area (Å²) in [5, 5.41) is 8.49. The lowest BCUT2D eigenvalue weighted by Crippen LogP contribution is -2.38. The van der Waals surface area contributed by atoms with Crippen LogP contribution in [0.3, 0.4) is 0 Å². The highest BCUT2D eigenvalue weighted by Gasteiger charge is 2.26. The topological polar surface area (TPSA) is 77.0 Å². The summed E-state index contributed by atoms with van der Waals surface area (Å²) >= 11 is 0. The molecule has 0 saturated carbocycles. The zero-order valence-electron chi connectivity index (χ0n) is 15.3. The molecule has 144 valence electrons. The lowest BCUT2D eigenvalue weighted by molar-refractivity contribution is 0.0708. The fraction of sp³-hybridized carbons (Fsp3) is 0.143. The van der Waals surface area contributed by atoms with Gasteiger partial charge in [0.15, 0.2) is 11.6 Å². The van der Waals surface area contributed by atoms with Gasteiger partial charge in [-0.25, -0.2) is 9.37 Å². The normalized spacial score (nSPS) is 13.3. The van der Waals surface area contributed by atoms with Crippen molar-refractivity contribution in [2.24, 2.45) is 0 Å². The summed E-state index contributed by atoms with van der Waals surface area (Å²) in [5.41, 5.74) is 1.93. The van der Waals surface area contributed by atoms with E-state index in [4.69, 9.17) is 4.42 Å². The van der Waals surface area contributed by atoms with Gasteiger partial charge in [0, 0.05) is 24.2 Å². The van der Waals surface area contributed by atoms with E-state index in [1.54, 1.807) is 11.2 Å². The van der Waals surface area contributed by atoms with Crippen LogP contribution in [-0.2, 0) is 13.1 Å². The van der Waals surface area contributed by atoms with Crippen molar-refractivity contribution >= 4 is 5.91 Å². The Bertz CT molecular complexity index is 1170. The van der Waals surface area contributed by atoms with Crippen LogP contribution >= 0.6 is 0 Å². The van der Waals surface area contributed by atoms with Crippen LogP contribution in [-0.4, -0.2) is 37.1 Å². The number of amides is 1. The largest absolute Gasteiger partial charge is 0.444 e. The zero-order valence-corrected chi connectivity index (χ0v) is 15.3. The van der Waals surface area contributed by atoms with Crippen LogP contribution in [0.15, 0.2) is 65.3 Å². The van der Waals surface area contributed by atoms with Crippen molar-refractivity contribution in [1.82, 2.24) is 24.6 Å². The Morgan fingerprint density at radius 2 is 1.79 bits per heavy atom. The number of halogens is 1. The third-order valence-corrected chi connectivity index (χ3v) is 4.89. The molecule has 8 heteroatoms. The maximum Gasteiger partial charge on any atom is 0.254 e. The third kappa shape index (κ3) is 3.18. The zero-order chi connectivity index (χ0) is 19.8. The average molecular weight is 389 g/mol. The number of carbonyl (C=O) groups is 1. The van der Waals surface area contributed by atoms with E-state index >= 15 is 0 Å². The molecule has 3 heterocycles. The second-order valence-electron chi connectivity index (χ2n) is 6.73. The van der Waals surface area contributed by atoms with Crippen molar-refractivity contribution in [1.29, 1.82) is 0 Å². The van der Waals surface area contributed by atoms with Crippen molar-refractivity contribution in [2.45, 2.75) is 13.1 Å². The predicted octanol–water partition coefficient (Wildman–Crippen LogP) is 3.40. The molecule has 2 aromatic heterocycles. The van der Waals surface area contributed by atoms with E-state index in [-0.39, 0.29) is 11.7 Å². The van der Waals surface area contributed by atoms with Crippen molar-refractivity contribution in [3.05, 3.63) is 78.1 Å². The summed E-state index contributed by atoms with van der Waals surface area (Å²) in [4.78, 5) is 18.9. The van der Waals surface area contributed by atoms with Gasteiger partial charge >= 0.3 is 0 Å². The number of hydrogen-bond acceptors (Lipinski definition) is 5. The van der Waals surface area contributed by atoms with E-state index < -0.39 is 0 Å². The molecule has 0 saturated heterocycles. The van der Waals surface area contributed by atoms with E-state index in [1.807, 2.05) is 34.9 Å². The SMILES string of the molecule is O=C(c1ccc(F)cc1)N1CCn2c(nnc2-c2coc(-c3ccccc3)n2)C1. The van der Waals surface area contributed by atoms with Gasteiger partial charge in [-0.2, -0.15) is 0 Å². The van der Waals surface area contributed by atoms with Gasteiger partial charge in [0.25, 0.3) is 5.91 Å². The second kappa shape index (κ2) is 6.97. The molecular weight excluding hydrogens is 373 g/mol. The summed E-state index contributed by atoms with van der Waals surface area (Å²) in [5.74, 6) is 1.27. The number of fused-ring (bicyclic) bond motifs is 1. The van der Waals surface area contributed by atoms with E-state index in [0.29, 0.717) is 48.4 Å². The molecule has 0 bridgehead atoms. The molecule has 1 aliphatic heterocycles. The summed E-state index contributed by atoms with van der Waals surface area (Å²) < 4.78 is 20.7. The van der Waals surface area contributed by atoms with Crippen LogP contribution in [0.1, 0.15) is 16.2 Å². The molecule has 2 aromatic carbocycles. The van der Waals surface area contributed by atoms with Crippen molar-refractivity contribution < 1.29 is 13.6 Å². The highest BCUT2D eigenvalue weighted by atomic mass is 19.1. The summed E-state index contributed by atoms with van der Waals surface area (Å²) in [7, 11) is 0. The minimum Gasteiger partial charge on any atom is -0.444 e. The third-order valence-electron chi connectivity index (χ3n) is 4.89. The first-order valence-corrected chi connectivity index (χ1v) is 9.17. The highest BCUT2D eigenvalue weighted by Crippen LogP contribution is 2.25. The first-order valence-electron chi connectivity index (χ1n) is 9.17. The van der Waals surface area contributed by atoms with E-state index in [2.05, 4.69) is 15.2 Å². The minimum absolute atomic E-state index is 0.159. The van der Waals surface area contributed by atoms with Crippen molar-refractivity contribution in [2.75, 3.05) is 6.54 Å². The molecule has 0 aliphatic carbocycles. The predicted molar refractivity (Wildman–Crippen MR) is 102 cm³/mol. The molecule has 1 amide bonds. The Kier molecular flexibility index (Phi) is 4.16. The molecule has 0 atom stereocenters. The lowest BCUT2D eigenvalue weighted by atomic mass is 10.2. The smallest absolute Gasteiger partial charge is 0.254 e. The van der Waals surface area contributed by atoms with Crippen LogP contribution in [0.25, 0.3) is 23.0 Å².